The summed E-state index contributed by atoms with van der Waals surface area (Å²) in [5.41, 5.74) is 2.18. The second-order valence-corrected chi connectivity index (χ2v) is 6.10. The summed E-state index contributed by atoms with van der Waals surface area (Å²) in [6, 6.07) is 8.20. The maximum absolute atomic E-state index is 12.3. The summed E-state index contributed by atoms with van der Waals surface area (Å²) in [4.78, 5) is 14.3. The van der Waals surface area contributed by atoms with Gasteiger partial charge < -0.3 is 10.2 Å². The van der Waals surface area contributed by atoms with E-state index in [0.29, 0.717) is 5.92 Å². The van der Waals surface area contributed by atoms with Crippen LogP contribution in [0.5, 0.6) is 0 Å². The fraction of sp³-hybridized carbons (Fsp3) is 0.588. The van der Waals surface area contributed by atoms with Crippen LogP contribution >= 0.6 is 0 Å². The molecule has 0 spiro atoms. The molecular formula is C17H26N2O. The topological polar surface area (TPSA) is 32.3 Å². The van der Waals surface area contributed by atoms with Crippen LogP contribution in [0.1, 0.15) is 51.5 Å². The molecule has 0 aromatic heterocycles. The number of benzene rings is 1. The molecule has 1 aliphatic carbocycles. The molecule has 1 fully saturated rings. The number of carbonyl (C=O) groups is 1. The molecule has 0 aliphatic heterocycles. The Bertz CT molecular complexity index is 435. The van der Waals surface area contributed by atoms with Crippen LogP contribution in [0.2, 0.25) is 0 Å². The SMILES string of the molecule is CCCN(CC1CC1)C(=O)Nc1ccc(C(C)C)cc1. The van der Waals surface area contributed by atoms with Crippen molar-refractivity contribution in [2.75, 3.05) is 18.4 Å². The molecular weight excluding hydrogens is 248 g/mol. The van der Waals surface area contributed by atoms with E-state index in [-0.39, 0.29) is 6.03 Å². The maximum atomic E-state index is 12.3. The fourth-order valence-corrected chi connectivity index (χ4v) is 2.31. The summed E-state index contributed by atoms with van der Waals surface area (Å²) in [5, 5.41) is 3.01. The largest absolute Gasteiger partial charge is 0.324 e. The Kier molecular flexibility index (Phi) is 5.05. The number of urea groups is 1. The summed E-state index contributed by atoms with van der Waals surface area (Å²) in [5.74, 6) is 1.25. The Morgan fingerprint density at radius 3 is 2.45 bits per heavy atom. The summed E-state index contributed by atoms with van der Waals surface area (Å²) >= 11 is 0. The van der Waals surface area contributed by atoms with Gasteiger partial charge in [-0.3, -0.25) is 0 Å². The van der Waals surface area contributed by atoms with Crippen molar-refractivity contribution in [3.8, 4) is 0 Å². The lowest BCUT2D eigenvalue weighted by Crippen LogP contribution is -2.37. The van der Waals surface area contributed by atoms with E-state index in [1.54, 1.807) is 0 Å². The molecule has 0 heterocycles. The normalized spacial score (nSPS) is 14.4. The summed E-state index contributed by atoms with van der Waals surface area (Å²) < 4.78 is 0. The Morgan fingerprint density at radius 2 is 1.95 bits per heavy atom. The van der Waals surface area contributed by atoms with E-state index in [0.717, 1.165) is 31.1 Å². The molecule has 1 saturated carbocycles. The zero-order chi connectivity index (χ0) is 14.5. The highest BCUT2D eigenvalue weighted by atomic mass is 16.2. The highest BCUT2D eigenvalue weighted by molar-refractivity contribution is 5.89. The molecule has 2 amide bonds. The van der Waals surface area contributed by atoms with Gasteiger partial charge in [-0.1, -0.05) is 32.9 Å². The first-order chi connectivity index (χ1) is 9.60. The first kappa shape index (κ1) is 14.9. The average molecular weight is 274 g/mol. The Balaban J connectivity index is 1.93. The van der Waals surface area contributed by atoms with Gasteiger partial charge in [0, 0.05) is 18.8 Å². The van der Waals surface area contributed by atoms with Crippen molar-refractivity contribution in [3.05, 3.63) is 29.8 Å². The van der Waals surface area contributed by atoms with Gasteiger partial charge >= 0.3 is 6.03 Å². The highest BCUT2D eigenvalue weighted by Gasteiger charge is 2.26. The van der Waals surface area contributed by atoms with Gasteiger partial charge in [0.1, 0.15) is 0 Å². The number of anilines is 1. The van der Waals surface area contributed by atoms with Crippen molar-refractivity contribution in [1.29, 1.82) is 0 Å². The van der Waals surface area contributed by atoms with E-state index in [4.69, 9.17) is 0 Å². The standard InChI is InChI=1S/C17H26N2O/c1-4-11-19(12-14-5-6-14)17(20)18-16-9-7-15(8-10-16)13(2)3/h7-10,13-14H,4-6,11-12H2,1-3H3,(H,18,20). The van der Waals surface area contributed by atoms with E-state index in [1.807, 2.05) is 17.0 Å². The number of hydrogen-bond acceptors (Lipinski definition) is 1. The van der Waals surface area contributed by atoms with Crippen LogP contribution in [0.4, 0.5) is 10.5 Å². The van der Waals surface area contributed by atoms with E-state index in [2.05, 4.69) is 38.2 Å². The van der Waals surface area contributed by atoms with E-state index >= 15 is 0 Å². The number of amides is 2. The second-order valence-electron chi connectivity index (χ2n) is 6.10. The first-order valence-electron chi connectivity index (χ1n) is 7.76. The van der Waals surface area contributed by atoms with Crippen molar-refractivity contribution in [2.24, 2.45) is 5.92 Å². The monoisotopic (exact) mass is 274 g/mol. The van der Waals surface area contributed by atoms with Gasteiger partial charge in [-0.25, -0.2) is 4.79 Å². The predicted octanol–water partition coefficient (Wildman–Crippen LogP) is 4.46. The van der Waals surface area contributed by atoms with Crippen molar-refractivity contribution in [3.63, 3.8) is 0 Å². The Hall–Kier alpha value is -1.51. The smallest absolute Gasteiger partial charge is 0.321 e. The van der Waals surface area contributed by atoms with Crippen molar-refractivity contribution >= 4 is 11.7 Å². The van der Waals surface area contributed by atoms with Gasteiger partial charge in [0.2, 0.25) is 0 Å². The van der Waals surface area contributed by atoms with Gasteiger partial charge in [-0.2, -0.15) is 0 Å². The average Bonchev–Trinajstić information content (AvgIpc) is 3.23. The summed E-state index contributed by atoms with van der Waals surface area (Å²) in [7, 11) is 0. The fourth-order valence-electron chi connectivity index (χ4n) is 2.31. The molecule has 1 aromatic rings. The van der Waals surface area contributed by atoms with Gasteiger partial charge in [0.25, 0.3) is 0 Å². The first-order valence-corrected chi connectivity index (χ1v) is 7.76. The van der Waals surface area contributed by atoms with Crippen LogP contribution in [-0.4, -0.2) is 24.0 Å². The molecule has 0 atom stereocenters. The number of nitrogens with one attached hydrogen (secondary N) is 1. The minimum absolute atomic E-state index is 0.0380. The maximum Gasteiger partial charge on any atom is 0.321 e. The van der Waals surface area contributed by atoms with Gasteiger partial charge in [-0.05, 0) is 48.8 Å². The predicted molar refractivity (Wildman–Crippen MR) is 84.1 cm³/mol. The molecule has 3 heteroatoms. The molecule has 0 unspecified atom stereocenters. The van der Waals surface area contributed by atoms with E-state index in [9.17, 15) is 4.79 Å². The van der Waals surface area contributed by atoms with Gasteiger partial charge in [0.15, 0.2) is 0 Å². The third-order valence-electron chi connectivity index (χ3n) is 3.78. The van der Waals surface area contributed by atoms with Crippen LogP contribution in [0.15, 0.2) is 24.3 Å². The van der Waals surface area contributed by atoms with Crippen molar-refractivity contribution < 1.29 is 4.79 Å². The van der Waals surface area contributed by atoms with Crippen LogP contribution in [-0.2, 0) is 0 Å². The lowest BCUT2D eigenvalue weighted by Gasteiger charge is -2.22. The van der Waals surface area contributed by atoms with Crippen LogP contribution < -0.4 is 5.32 Å². The molecule has 0 bridgehead atoms. The number of nitrogens with zero attached hydrogens (tertiary/aromatic N) is 1. The third-order valence-corrected chi connectivity index (χ3v) is 3.78. The van der Waals surface area contributed by atoms with Crippen LogP contribution in [0, 0.1) is 5.92 Å². The lowest BCUT2D eigenvalue weighted by atomic mass is 10.0. The zero-order valence-corrected chi connectivity index (χ0v) is 12.9. The minimum atomic E-state index is 0.0380. The van der Waals surface area contributed by atoms with E-state index in [1.165, 1.54) is 18.4 Å². The van der Waals surface area contributed by atoms with Gasteiger partial charge in [-0.15, -0.1) is 0 Å². The minimum Gasteiger partial charge on any atom is -0.324 e. The van der Waals surface area contributed by atoms with E-state index < -0.39 is 0 Å². The molecule has 2 rings (SSSR count). The Morgan fingerprint density at radius 1 is 1.30 bits per heavy atom. The Labute approximate surface area is 122 Å². The molecule has 1 aromatic carbocycles. The third kappa shape index (κ3) is 4.26. The number of hydrogen-bond donors (Lipinski definition) is 1. The highest BCUT2D eigenvalue weighted by Crippen LogP contribution is 2.30. The zero-order valence-electron chi connectivity index (χ0n) is 12.9. The molecule has 3 nitrogen and oxygen atoms in total. The summed E-state index contributed by atoms with van der Waals surface area (Å²) in [6.45, 7) is 8.21. The van der Waals surface area contributed by atoms with Gasteiger partial charge in [0.05, 0.1) is 0 Å². The van der Waals surface area contributed by atoms with Crippen LogP contribution in [0.3, 0.4) is 0 Å². The quantitative estimate of drug-likeness (QED) is 0.816. The molecule has 1 N–H and O–H groups in total. The van der Waals surface area contributed by atoms with Crippen molar-refractivity contribution in [2.45, 2.75) is 46.0 Å². The molecule has 1 aliphatic rings. The number of carbonyl (C=O) groups excluding carboxylic acids is 1. The molecule has 110 valence electrons. The molecule has 0 saturated heterocycles. The van der Waals surface area contributed by atoms with Crippen molar-refractivity contribution in [1.82, 2.24) is 4.90 Å². The molecule has 0 radical (unpaired) electrons. The second kappa shape index (κ2) is 6.78. The molecule has 20 heavy (non-hydrogen) atoms. The lowest BCUT2D eigenvalue weighted by molar-refractivity contribution is 0.209. The number of rotatable bonds is 6. The summed E-state index contributed by atoms with van der Waals surface area (Å²) in [6.07, 6.45) is 3.56. The van der Waals surface area contributed by atoms with Crippen LogP contribution in [0.25, 0.3) is 0 Å².